The molecule has 0 aliphatic rings. The van der Waals surface area contributed by atoms with Crippen molar-refractivity contribution in [1.82, 2.24) is 0 Å². The Balaban J connectivity index is 2.50. The fourth-order valence-corrected chi connectivity index (χ4v) is 2.46. The van der Waals surface area contributed by atoms with E-state index in [-0.39, 0.29) is 0 Å². The summed E-state index contributed by atoms with van der Waals surface area (Å²) in [5.41, 5.74) is 0. The number of rotatable bonds is 2. The van der Waals surface area contributed by atoms with Crippen LogP contribution in [0.15, 0.2) is 22.8 Å². The number of hydrogen-bond donors (Lipinski definition) is 0. The Morgan fingerprint density at radius 1 is 1.75 bits per heavy atom. The summed E-state index contributed by atoms with van der Waals surface area (Å²) in [7, 11) is 0. The second-order valence-corrected chi connectivity index (χ2v) is 5.32. The van der Waals surface area contributed by atoms with Crippen LogP contribution in [0.3, 0.4) is 0 Å². The quantitative estimate of drug-likeness (QED) is 0.677. The molecule has 0 atom stereocenters. The molecule has 0 saturated heterocycles. The van der Waals surface area contributed by atoms with Crippen molar-refractivity contribution in [2.45, 2.75) is 5.32 Å². The molecule has 0 aliphatic carbocycles. The van der Waals surface area contributed by atoms with Gasteiger partial charge in [-0.25, -0.2) is 0 Å². The van der Waals surface area contributed by atoms with Gasteiger partial charge in [0.2, 0.25) is 0 Å². The molecule has 0 bridgehead atoms. The fourth-order valence-electron chi connectivity index (χ4n) is 0.458. The van der Waals surface area contributed by atoms with Crippen LogP contribution in [0.5, 0.6) is 0 Å². The van der Waals surface area contributed by atoms with E-state index in [1.54, 1.807) is 6.26 Å². The summed E-state index contributed by atoms with van der Waals surface area (Å²) in [5.74, 6) is 1.10. The molecule has 44 valence electrons. The number of hydrogen-bond acceptors (Lipinski definition) is 1. The van der Waals surface area contributed by atoms with E-state index >= 15 is 0 Å². The zero-order valence-corrected chi connectivity index (χ0v) is 7.79. The second-order valence-electron chi connectivity index (χ2n) is 1.35. The molecule has 0 aromatic carbocycles. The molecule has 1 heterocycles. The molecule has 0 N–H and O–H groups in total. The Kier molecular flexibility index (Phi) is 2.71. The van der Waals surface area contributed by atoms with Crippen molar-refractivity contribution in [3.05, 3.63) is 24.2 Å². The molecular formula is C5H6OSe2. The van der Waals surface area contributed by atoms with Gasteiger partial charge < -0.3 is 0 Å². The zero-order valence-electron chi connectivity index (χ0n) is 4.20. The van der Waals surface area contributed by atoms with E-state index < -0.39 is 0 Å². The third-order valence-corrected chi connectivity index (χ3v) is 3.06. The molecule has 0 amide bonds. The molecule has 1 aromatic heterocycles. The van der Waals surface area contributed by atoms with E-state index in [4.69, 9.17) is 4.42 Å². The standard InChI is InChI=1S/C5H6OSe2/c7-8-4-5-2-1-3-6-5/h1-3,7H,4H2. The van der Waals surface area contributed by atoms with Crippen molar-refractivity contribution in [2.75, 3.05) is 0 Å². The van der Waals surface area contributed by atoms with Gasteiger partial charge in [0.1, 0.15) is 0 Å². The van der Waals surface area contributed by atoms with Crippen LogP contribution in [-0.4, -0.2) is 27.3 Å². The molecule has 1 aromatic rings. The Labute approximate surface area is 61.4 Å². The first-order chi connectivity index (χ1) is 3.93. The predicted octanol–water partition coefficient (Wildman–Crippen LogP) is 0.300. The van der Waals surface area contributed by atoms with Crippen molar-refractivity contribution < 1.29 is 4.42 Å². The Hall–Kier alpha value is 0.319. The molecule has 0 spiro atoms. The molecule has 3 heteroatoms. The average Bonchev–Trinajstić information content (AvgIpc) is 2.19. The van der Waals surface area contributed by atoms with E-state index in [1.807, 2.05) is 12.1 Å². The first-order valence-electron chi connectivity index (χ1n) is 2.22. The van der Waals surface area contributed by atoms with E-state index in [1.165, 1.54) is 0 Å². The van der Waals surface area contributed by atoms with Crippen molar-refractivity contribution in [3.8, 4) is 0 Å². The molecule has 0 unspecified atom stereocenters. The van der Waals surface area contributed by atoms with Gasteiger partial charge in [-0.2, -0.15) is 0 Å². The Morgan fingerprint density at radius 3 is 3.12 bits per heavy atom. The van der Waals surface area contributed by atoms with Crippen LogP contribution in [0.2, 0.25) is 0 Å². The predicted molar refractivity (Wildman–Crippen MR) is 35.3 cm³/mol. The van der Waals surface area contributed by atoms with Crippen LogP contribution in [0.4, 0.5) is 0 Å². The molecule has 0 aliphatic heterocycles. The first-order valence-corrected chi connectivity index (χ1v) is 8.18. The summed E-state index contributed by atoms with van der Waals surface area (Å²) >= 11 is 3.24. The molecule has 0 radical (unpaired) electrons. The monoisotopic (exact) mass is 242 g/mol. The minimum atomic E-state index is 0.644. The Morgan fingerprint density at radius 2 is 2.62 bits per heavy atom. The van der Waals surface area contributed by atoms with Gasteiger partial charge in [0, 0.05) is 0 Å². The zero-order chi connectivity index (χ0) is 5.82. The van der Waals surface area contributed by atoms with E-state index in [2.05, 4.69) is 14.2 Å². The third kappa shape index (κ3) is 1.68. The van der Waals surface area contributed by atoms with Gasteiger partial charge >= 0.3 is 61.2 Å². The first kappa shape index (κ1) is 6.44. The van der Waals surface area contributed by atoms with Crippen LogP contribution >= 0.6 is 0 Å². The van der Waals surface area contributed by atoms with E-state index in [0.29, 0.717) is 13.1 Å². The van der Waals surface area contributed by atoms with Crippen molar-refractivity contribution in [3.63, 3.8) is 0 Å². The van der Waals surface area contributed by atoms with Gasteiger partial charge in [-0.15, -0.1) is 0 Å². The summed E-state index contributed by atoms with van der Waals surface area (Å²) in [6.45, 7) is 0. The SMILES string of the molecule is [SeH][Se]Cc1ccco1. The van der Waals surface area contributed by atoms with Crippen LogP contribution in [0.25, 0.3) is 0 Å². The van der Waals surface area contributed by atoms with Crippen molar-refractivity contribution in [1.29, 1.82) is 0 Å². The van der Waals surface area contributed by atoms with Gasteiger partial charge in [0.05, 0.1) is 0 Å². The molecule has 0 fully saturated rings. The third-order valence-electron chi connectivity index (χ3n) is 0.787. The fraction of sp³-hybridized carbons (Fsp3) is 0.200. The average molecular weight is 240 g/mol. The summed E-state index contributed by atoms with van der Waals surface area (Å²) < 4.78 is 5.08. The van der Waals surface area contributed by atoms with E-state index in [0.717, 1.165) is 11.1 Å². The maximum absolute atomic E-state index is 5.08. The van der Waals surface area contributed by atoms with Crippen molar-refractivity contribution >= 4 is 27.3 Å². The molecular weight excluding hydrogens is 234 g/mol. The molecule has 1 nitrogen and oxygen atoms in total. The molecule has 1 rings (SSSR count). The molecule has 0 saturated carbocycles. The van der Waals surface area contributed by atoms with Crippen LogP contribution in [0.1, 0.15) is 5.76 Å². The van der Waals surface area contributed by atoms with Gasteiger partial charge in [0.25, 0.3) is 0 Å². The topological polar surface area (TPSA) is 13.1 Å². The minimum absolute atomic E-state index is 0.644. The Bertz CT molecular complexity index is 136. The van der Waals surface area contributed by atoms with Gasteiger partial charge in [0.15, 0.2) is 0 Å². The van der Waals surface area contributed by atoms with Gasteiger partial charge in [-0.3, -0.25) is 0 Å². The maximum atomic E-state index is 5.08. The summed E-state index contributed by atoms with van der Waals surface area (Å²) in [6, 6.07) is 3.93. The summed E-state index contributed by atoms with van der Waals surface area (Å²) in [4.78, 5) is 0. The summed E-state index contributed by atoms with van der Waals surface area (Å²) in [6.07, 6.45) is 1.72. The second kappa shape index (κ2) is 3.37. The normalized spacial score (nSPS) is 9.62. The van der Waals surface area contributed by atoms with Crippen LogP contribution < -0.4 is 0 Å². The van der Waals surface area contributed by atoms with Crippen LogP contribution in [0, 0.1) is 0 Å². The summed E-state index contributed by atoms with van der Waals surface area (Å²) in [5, 5.41) is 1.10. The van der Waals surface area contributed by atoms with Gasteiger partial charge in [-0.05, 0) is 0 Å². The van der Waals surface area contributed by atoms with E-state index in [9.17, 15) is 0 Å². The van der Waals surface area contributed by atoms with Gasteiger partial charge in [-0.1, -0.05) is 0 Å². The molecule has 8 heavy (non-hydrogen) atoms. The number of furan rings is 1. The van der Waals surface area contributed by atoms with Crippen LogP contribution in [-0.2, 0) is 5.32 Å². The van der Waals surface area contributed by atoms with Crippen molar-refractivity contribution in [2.24, 2.45) is 0 Å².